The van der Waals surface area contributed by atoms with E-state index in [2.05, 4.69) is 15.3 Å². The van der Waals surface area contributed by atoms with Crippen LogP contribution >= 0.6 is 11.8 Å². The molecule has 18 heavy (non-hydrogen) atoms. The molecule has 0 amide bonds. The Balaban J connectivity index is 1.64. The SMILES string of the molecule is Cc1nc(CN=C2NC3(CCCC3)CS2)oc1C. The molecule has 0 aromatic carbocycles. The number of nitrogens with one attached hydrogen (secondary N) is 1. The van der Waals surface area contributed by atoms with E-state index in [1.807, 2.05) is 25.6 Å². The number of aromatic nitrogens is 1. The van der Waals surface area contributed by atoms with Crippen LogP contribution in [0.4, 0.5) is 0 Å². The molecule has 1 aromatic heterocycles. The van der Waals surface area contributed by atoms with Crippen LogP contribution in [0.2, 0.25) is 0 Å². The molecule has 1 N–H and O–H groups in total. The molecule has 2 fully saturated rings. The maximum atomic E-state index is 5.54. The van der Waals surface area contributed by atoms with Crippen LogP contribution in [-0.2, 0) is 6.54 Å². The Labute approximate surface area is 112 Å². The maximum Gasteiger partial charge on any atom is 0.216 e. The van der Waals surface area contributed by atoms with Gasteiger partial charge >= 0.3 is 0 Å². The Morgan fingerprint density at radius 1 is 1.39 bits per heavy atom. The Kier molecular flexibility index (Phi) is 3.09. The van der Waals surface area contributed by atoms with Gasteiger partial charge in [-0.05, 0) is 26.7 Å². The molecule has 2 heterocycles. The minimum absolute atomic E-state index is 0.339. The predicted molar refractivity (Wildman–Crippen MR) is 73.9 cm³/mol. The van der Waals surface area contributed by atoms with Crippen LogP contribution in [0.1, 0.15) is 43.0 Å². The molecule has 1 spiro atoms. The van der Waals surface area contributed by atoms with Gasteiger partial charge < -0.3 is 9.73 Å². The van der Waals surface area contributed by atoms with Crippen LogP contribution in [0.3, 0.4) is 0 Å². The first-order valence-electron chi connectivity index (χ1n) is 6.55. The minimum atomic E-state index is 0.339. The lowest BCUT2D eigenvalue weighted by Gasteiger charge is -2.21. The van der Waals surface area contributed by atoms with E-state index in [0.29, 0.717) is 18.0 Å². The summed E-state index contributed by atoms with van der Waals surface area (Å²) in [6, 6.07) is 0. The molecule has 1 aliphatic heterocycles. The number of aliphatic imine (C=N–C) groups is 1. The van der Waals surface area contributed by atoms with Crippen molar-refractivity contribution in [1.29, 1.82) is 0 Å². The Morgan fingerprint density at radius 2 is 2.17 bits per heavy atom. The summed E-state index contributed by atoms with van der Waals surface area (Å²) in [7, 11) is 0. The maximum absolute atomic E-state index is 5.54. The van der Waals surface area contributed by atoms with Crippen molar-refractivity contribution in [3.63, 3.8) is 0 Å². The zero-order chi connectivity index (χ0) is 12.6. The van der Waals surface area contributed by atoms with Crippen molar-refractivity contribution in [2.75, 3.05) is 5.75 Å². The summed E-state index contributed by atoms with van der Waals surface area (Å²) in [4.78, 5) is 8.93. The quantitative estimate of drug-likeness (QED) is 0.893. The highest BCUT2D eigenvalue weighted by Crippen LogP contribution is 2.37. The van der Waals surface area contributed by atoms with E-state index in [0.717, 1.165) is 22.4 Å². The van der Waals surface area contributed by atoms with Crippen molar-refractivity contribution in [2.45, 2.75) is 51.6 Å². The second-order valence-corrected chi connectivity index (χ2v) is 6.24. The molecule has 4 nitrogen and oxygen atoms in total. The van der Waals surface area contributed by atoms with Gasteiger partial charge in [-0.3, -0.25) is 4.99 Å². The van der Waals surface area contributed by atoms with Gasteiger partial charge in [0.2, 0.25) is 5.89 Å². The third-order valence-corrected chi connectivity index (χ3v) is 5.05. The summed E-state index contributed by atoms with van der Waals surface area (Å²) in [5.41, 5.74) is 1.30. The molecule has 3 rings (SSSR count). The summed E-state index contributed by atoms with van der Waals surface area (Å²) >= 11 is 1.84. The van der Waals surface area contributed by atoms with E-state index >= 15 is 0 Å². The van der Waals surface area contributed by atoms with Crippen molar-refractivity contribution >= 4 is 16.9 Å². The minimum Gasteiger partial charge on any atom is -0.444 e. The zero-order valence-corrected chi connectivity index (χ0v) is 11.8. The van der Waals surface area contributed by atoms with Gasteiger partial charge in [-0.2, -0.15) is 0 Å². The van der Waals surface area contributed by atoms with Crippen LogP contribution in [-0.4, -0.2) is 21.4 Å². The van der Waals surface area contributed by atoms with Gasteiger partial charge in [0.25, 0.3) is 0 Å². The van der Waals surface area contributed by atoms with Crippen LogP contribution < -0.4 is 5.32 Å². The van der Waals surface area contributed by atoms with Gasteiger partial charge in [0.05, 0.1) is 5.69 Å². The lowest BCUT2D eigenvalue weighted by atomic mass is 10.0. The highest BCUT2D eigenvalue weighted by molar-refractivity contribution is 8.14. The summed E-state index contributed by atoms with van der Waals surface area (Å²) < 4.78 is 5.54. The number of rotatable bonds is 2. The van der Waals surface area contributed by atoms with Gasteiger partial charge in [0.15, 0.2) is 5.17 Å². The van der Waals surface area contributed by atoms with E-state index in [4.69, 9.17) is 4.42 Å². The van der Waals surface area contributed by atoms with E-state index in [1.54, 1.807) is 0 Å². The fraction of sp³-hybridized carbons (Fsp3) is 0.692. The molecule has 1 aliphatic carbocycles. The molecule has 1 saturated heterocycles. The van der Waals surface area contributed by atoms with E-state index in [-0.39, 0.29) is 0 Å². The van der Waals surface area contributed by atoms with Crippen LogP contribution in [0.5, 0.6) is 0 Å². The van der Waals surface area contributed by atoms with Crippen molar-refractivity contribution in [3.8, 4) is 0 Å². The van der Waals surface area contributed by atoms with Crippen molar-refractivity contribution < 1.29 is 4.42 Å². The number of thioether (sulfide) groups is 1. The lowest BCUT2D eigenvalue weighted by Crippen LogP contribution is -2.40. The van der Waals surface area contributed by atoms with Crippen molar-refractivity contribution in [2.24, 2.45) is 4.99 Å². The first-order valence-corrected chi connectivity index (χ1v) is 7.54. The summed E-state index contributed by atoms with van der Waals surface area (Å²) in [5, 5.41) is 4.66. The molecule has 0 unspecified atom stereocenters. The van der Waals surface area contributed by atoms with Gasteiger partial charge in [0.1, 0.15) is 12.3 Å². The van der Waals surface area contributed by atoms with Gasteiger partial charge in [-0.25, -0.2) is 4.98 Å². The standard InChI is InChI=1S/C13H19N3OS/c1-9-10(2)17-11(15-9)7-14-12-16-13(8-18-12)5-3-4-6-13/h3-8H2,1-2H3,(H,14,16). The molecule has 1 saturated carbocycles. The number of hydrogen-bond acceptors (Lipinski definition) is 4. The first-order chi connectivity index (χ1) is 8.67. The second kappa shape index (κ2) is 4.61. The fourth-order valence-corrected chi connectivity index (χ4v) is 3.88. The van der Waals surface area contributed by atoms with Crippen LogP contribution in [0.25, 0.3) is 0 Å². The first kappa shape index (κ1) is 12.1. The molecule has 0 radical (unpaired) electrons. The number of hydrogen-bond donors (Lipinski definition) is 1. The number of oxazole rings is 1. The topological polar surface area (TPSA) is 50.4 Å². The Morgan fingerprint density at radius 3 is 2.83 bits per heavy atom. The molecule has 2 aliphatic rings. The monoisotopic (exact) mass is 265 g/mol. The lowest BCUT2D eigenvalue weighted by molar-refractivity contribution is 0.450. The molecule has 5 heteroatoms. The Hall–Kier alpha value is -0.970. The molecule has 0 bridgehead atoms. The average molecular weight is 265 g/mol. The Bertz CT molecular complexity index is 455. The summed E-state index contributed by atoms with van der Waals surface area (Å²) in [6.45, 7) is 4.45. The van der Waals surface area contributed by atoms with Gasteiger partial charge in [-0.15, -0.1) is 0 Å². The smallest absolute Gasteiger partial charge is 0.216 e. The van der Waals surface area contributed by atoms with E-state index < -0.39 is 0 Å². The highest BCUT2D eigenvalue weighted by Gasteiger charge is 2.39. The van der Waals surface area contributed by atoms with Crippen molar-refractivity contribution in [3.05, 3.63) is 17.3 Å². The largest absolute Gasteiger partial charge is 0.444 e. The second-order valence-electron chi connectivity index (χ2n) is 5.27. The third-order valence-electron chi connectivity index (χ3n) is 3.85. The van der Waals surface area contributed by atoms with Crippen LogP contribution in [0.15, 0.2) is 9.41 Å². The van der Waals surface area contributed by atoms with Gasteiger partial charge in [-0.1, -0.05) is 24.6 Å². The molecular weight excluding hydrogens is 246 g/mol. The average Bonchev–Trinajstić information content (AvgIpc) is 3.03. The number of nitrogens with zero attached hydrogens (tertiary/aromatic N) is 2. The molecular formula is C13H19N3OS. The number of amidine groups is 1. The summed E-state index contributed by atoms with van der Waals surface area (Å²) in [5.74, 6) is 2.77. The van der Waals surface area contributed by atoms with E-state index in [9.17, 15) is 0 Å². The third kappa shape index (κ3) is 2.28. The van der Waals surface area contributed by atoms with Crippen LogP contribution in [0, 0.1) is 13.8 Å². The predicted octanol–water partition coefficient (Wildman–Crippen LogP) is 2.80. The molecule has 98 valence electrons. The zero-order valence-electron chi connectivity index (χ0n) is 11.0. The fourth-order valence-electron chi connectivity index (χ4n) is 2.66. The molecule has 0 atom stereocenters. The van der Waals surface area contributed by atoms with Gasteiger partial charge in [0, 0.05) is 11.3 Å². The van der Waals surface area contributed by atoms with Crippen molar-refractivity contribution in [1.82, 2.24) is 10.3 Å². The highest BCUT2D eigenvalue weighted by atomic mass is 32.2. The normalized spacial score (nSPS) is 24.0. The summed E-state index contributed by atoms with van der Waals surface area (Å²) in [6.07, 6.45) is 5.27. The van der Waals surface area contributed by atoms with E-state index in [1.165, 1.54) is 25.7 Å². The molecule has 1 aromatic rings. The number of aryl methyl sites for hydroxylation is 2.